The van der Waals surface area contributed by atoms with Crippen molar-refractivity contribution in [1.29, 1.82) is 0 Å². The fourth-order valence-electron chi connectivity index (χ4n) is 5.21. The number of thiazole rings is 1. The number of carbonyl (C=O) groups excluding carboxylic acids is 2. The number of hydrogen-bond donors (Lipinski definition) is 1. The molecule has 1 amide bonds. The molecule has 0 spiro atoms. The molecule has 1 fully saturated rings. The Morgan fingerprint density at radius 2 is 1.79 bits per heavy atom. The van der Waals surface area contributed by atoms with E-state index in [1.807, 2.05) is 18.2 Å². The van der Waals surface area contributed by atoms with Gasteiger partial charge >= 0.3 is 5.97 Å². The van der Waals surface area contributed by atoms with Crippen molar-refractivity contribution in [2.45, 2.75) is 55.0 Å². The lowest BCUT2D eigenvalue weighted by Gasteiger charge is -2.22. The van der Waals surface area contributed by atoms with Gasteiger partial charge in [-0.25, -0.2) is 18.2 Å². The number of nitrogens with one attached hydrogen (secondary N) is 1. The molecule has 2 atom stereocenters. The van der Waals surface area contributed by atoms with Crippen molar-refractivity contribution in [2.24, 2.45) is 0 Å². The minimum Gasteiger partial charge on any atom is -0.465 e. The molecule has 1 aromatic heterocycles. The molecule has 9 nitrogen and oxygen atoms in total. The second-order valence-corrected chi connectivity index (χ2v) is 13.8. The van der Waals surface area contributed by atoms with Gasteiger partial charge < -0.3 is 14.2 Å². The minimum absolute atomic E-state index is 0.251. The standard InChI is InChI=1S/C32H30N2O7S2/c1-19-17-22(10-15-25(19)31(36)39-2)40-28-18-33-32(42-28)34-30(35)29(41-27-16-9-20-5-3-4-6-26(20)27)21-7-11-23(12-8-21)43(37,38)24-13-14-24/h3-8,10-12,15,17-18,24,27,29H,9,13-14,16H2,1-2H3,(H,33,34,35). The van der Waals surface area contributed by atoms with Crippen LogP contribution < -0.4 is 10.1 Å². The number of hydrogen-bond acceptors (Lipinski definition) is 9. The number of carbonyl (C=O) groups is 2. The molecule has 2 unspecified atom stereocenters. The van der Waals surface area contributed by atoms with E-state index < -0.39 is 27.8 Å². The molecule has 1 N–H and O–H groups in total. The van der Waals surface area contributed by atoms with E-state index in [1.165, 1.54) is 18.9 Å². The lowest BCUT2D eigenvalue weighted by Crippen LogP contribution is -2.25. The normalized spacial score (nSPS) is 16.7. The average Bonchev–Trinajstić information content (AvgIpc) is 3.67. The van der Waals surface area contributed by atoms with Crippen LogP contribution in [0.4, 0.5) is 5.13 Å². The third kappa shape index (κ3) is 6.20. The zero-order valence-corrected chi connectivity index (χ0v) is 25.2. The summed E-state index contributed by atoms with van der Waals surface area (Å²) in [5.41, 5.74) is 3.93. The molecule has 2 aliphatic rings. The predicted octanol–water partition coefficient (Wildman–Crippen LogP) is 6.35. The molecule has 11 heteroatoms. The summed E-state index contributed by atoms with van der Waals surface area (Å²) < 4.78 is 42.6. The van der Waals surface area contributed by atoms with Crippen LogP contribution in [0.5, 0.6) is 10.8 Å². The van der Waals surface area contributed by atoms with E-state index >= 15 is 0 Å². The van der Waals surface area contributed by atoms with Gasteiger partial charge in [0.05, 0.1) is 35.1 Å². The van der Waals surface area contributed by atoms with E-state index in [2.05, 4.69) is 16.4 Å². The van der Waals surface area contributed by atoms with E-state index in [0.717, 1.165) is 29.7 Å². The van der Waals surface area contributed by atoms with Crippen LogP contribution in [-0.4, -0.2) is 37.6 Å². The van der Waals surface area contributed by atoms with Crippen LogP contribution in [0.2, 0.25) is 0 Å². The molecule has 2 aliphatic carbocycles. The largest absolute Gasteiger partial charge is 0.465 e. The van der Waals surface area contributed by atoms with Gasteiger partial charge in [-0.15, -0.1) is 0 Å². The Morgan fingerprint density at radius 1 is 1.02 bits per heavy atom. The number of aromatic nitrogens is 1. The van der Waals surface area contributed by atoms with Gasteiger partial charge in [-0.3, -0.25) is 10.1 Å². The smallest absolute Gasteiger partial charge is 0.338 e. The molecule has 222 valence electrons. The van der Waals surface area contributed by atoms with E-state index in [9.17, 15) is 18.0 Å². The Balaban J connectivity index is 1.21. The minimum atomic E-state index is -3.36. The Hall–Kier alpha value is -4.06. The first kappa shape index (κ1) is 29.0. The monoisotopic (exact) mass is 618 g/mol. The Kier molecular flexibility index (Phi) is 8.04. The van der Waals surface area contributed by atoms with Crippen molar-refractivity contribution < 1.29 is 32.2 Å². The van der Waals surface area contributed by atoms with Crippen molar-refractivity contribution in [2.75, 3.05) is 12.4 Å². The van der Waals surface area contributed by atoms with Crippen molar-refractivity contribution >= 4 is 38.2 Å². The van der Waals surface area contributed by atoms with Gasteiger partial charge in [0.25, 0.3) is 5.91 Å². The van der Waals surface area contributed by atoms with Gasteiger partial charge in [-0.1, -0.05) is 47.7 Å². The molecular formula is C32H30N2O7S2. The van der Waals surface area contributed by atoms with Crippen molar-refractivity contribution in [3.63, 3.8) is 0 Å². The summed E-state index contributed by atoms with van der Waals surface area (Å²) in [6.45, 7) is 1.79. The average molecular weight is 619 g/mol. The van der Waals surface area contributed by atoms with Crippen LogP contribution in [0.1, 0.15) is 64.1 Å². The van der Waals surface area contributed by atoms with Crippen LogP contribution in [-0.2, 0) is 30.5 Å². The lowest BCUT2D eigenvalue weighted by molar-refractivity contribution is -0.132. The zero-order valence-electron chi connectivity index (χ0n) is 23.6. The number of ether oxygens (including phenoxy) is 3. The highest BCUT2D eigenvalue weighted by Gasteiger charge is 2.37. The van der Waals surface area contributed by atoms with Crippen molar-refractivity contribution in [1.82, 2.24) is 4.98 Å². The number of benzene rings is 3. The Bertz CT molecular complexity index is 1780. The van der Waals surface area contributed by atoms with Gasteiger partial charge in [0.2, 0.25) is 5.06 Å². The summed E-state index contributed by atoms with van der Waals surface area (Å²) in [6, 6.07) is 19.4. The summed E-state index contributed by atoms with van der Waals surface area (Å²) >= 11 is 1.14. The third-order valence-corrected chi connectivity index (χ3v) is 10.7. The molecular weight excluding hydrogens is 588 g/mol. The highest BCUT2D eigenvalue weighted by atomic mass is 32.2. The summed E-state index contributed by atoms with van der Waals surface area (Å²) in [6.07, 6.45) is 3.16. The van der Waals surface area contributed by atoms with Gasteiger partial charge in [-0.05, 0) is 85.2 Å². The maximum Gasteiger partial charge on any atom is 0.338 e. The molecule has 4 aromatic rings. The van der Waals surface area contributed by atoms with Crippen LogP contribution in [0.3, 0.4) is 0 Å². The number of fused-ring (bicyclic) bond motifs is 1. The topological polar surface area (TPSA) is 121 Å². The van der Waals surface area contributed by atoms with Crippen LogP contribution in [0, 0.1) is 6.92 Å². The summed E-state index contributed by atoms with van der Waals surface area (Å²) in [5, 5.41) is 3.28. The van der Waals surface area contributed by atoms with Crippen LogP contribution in [0.15, 0.2) is 77.8 Å². The molecule has 1 heterocycles. The van der Waals surface area contributed by atoms with Gasteiger partial charge in [0.1, 0.15) is 5.75 Å². The number of nitrogens with zero attached hydrogens (tertiary/aromatic N) is 1. The Labute approximate surface area is 253 Å². The van der Waals surface area contributed by atoms with E-state index in [4.69, 9.17) is 14.2 Å². The quantitative estimate of drug-likeness (QED) is 0.204. The zero-order chi connectivity index (χ0) is 30.1. The van der Waals surface area contributed by atoms with Crippen LogP contribution >= 0.6 is 11.3 Å². The first-order valence-electron chi connectivity index (χ1n) is 13.9. The lowest BCUT2D eigenvalue weighted by atomic mass is 10.1. The number of rotatable bonds is 10. The molecule has 0 saturated heterocycles. The summed E-state index contributed by atoms with van der Waals surface area (Å²) in [7, 11) is -2.03. The fourth-order valence-corrected chi connectivity index (χ4v) is 7.56. The second-order valence-electron chi connectivity index (χ2n) is 10.6. The third-order valence-electron chi connectivity index (χ3n) is 7.63. The number of methoxy groups -OCH3 is 1. The number of aryl methyl sites for hydroxylation is 2. The highest BCUT2D eigenvalue weighted by Crippen LogP contribution is 2.39. The molecule has 0 radical (unpaired) electrons. The summed E-state index contributed by atoms with van der Waals surface area (Å²) in [5.74, 6) is -0.348. The number of esters is 1. The van der Waals surface area contributed by atoms with E-state index in [0.29, 0.717) is 45.5 Å². The first-order valence-corrected chi connectivity index (χ1v) is 16.3. The maximum absolute atomic E-state index is 13.7. The van der Waals surface area contributed by atoms with Gasteiger partial charge in [0.15, 0.2) is 21.1 Å². The van der Waals surface area contributed by atoms with Crippen molar-refractivity contribution in [3.05, 3.63) is 101 Å². The van der Waals surface area contributed by atoms with E-state index in [1.54, 1.807) is 49.4 Å². The molecule has 43 heavy (non-hydrogen) atoms. The van der Waals surface area contributed by atoms with Crippen molar-refractivity contribution in [3.8, 4) is 10.8 Å². The molecule has 0 bridgehead atoms. The molecule has 1 saturated carbocycles. The highest BCUT2D eigenvalue weighted by molar-refractivity contribution is 7.92. The van der Waals surface area contributed by atoms with Gasteiger partial charge in [0, 0.05) is 0 Å². The maximum atomic E-state index is 13.7. The van der Waals surface area contributed by atoms with Crippen LogP contribution in [0.25, 0.3) is 0 Å². The fraction of sp³-hybridized carbons (Fsp3) is 0.281. The predicted molar refractivity (Wildman–Crippen MR) is 161 cm³/mol. The number of anilines is 1. The summed E-state index contributed by atoms with van der Waals surface area (Å²) in [4.78, 5) is 30.1. The second kappa shape index (κ2) is 11.9. The molecule has 6 rings (SSSR count). The number of sulfone groups is 1. The first-order chi connectivity index (χ1) is 20.7. The van der Waals surface area contributed by atoms with Gasteiger partial charge in [-0.2, -0.15) is 0 Å². The molecule has 0 aliphatic heterocycles. The molecule has 3 aromatic carbocycles. The Morgan fingerprint density at radius 3 is 2.51 bits per heavy atom. The number of amides is 1. The van der Waals surface area contributed by atoms with E-state index in [-0.39, 0.29) is 16.2 Å². The SMILES string of the molecule is COC(=O)c1ccc(Oc2cnc(NC(=O)C(OC3CCc4ccccc43)c3ccc(S(=O)(=O)C4CC4)cc3)s2)cc1C.